The van der Waals surface area contributed by atoms with Crippen LogP contribution in [-0.4, -0.2) is 40.1 Å². The summed E-state index contributed by atoms with van der Waals surface area (Å²) in [6.45, 7) is 4.53. The number of fused-ring (bicyclic) bond motifs is 1. The van der Waals surface area contributed by atoms with Gasteiger partial charge in [0, 0.05) is 43.4 Å². The van der Waals surface area contributed by atoms with Crippen LogP contribution in [0.2, 0.25) is 0 Å². The van der Waals surface area contributed by atoms with Crippen LogP contribution in [0.1, 0.15) is 41.5 Å². The molecule has 92 valence electrons. The molecule has 1 fully saturated rings. The fraction of sp³-hybridized carbons (Fsp3) is 0.667. The lowest BCUT2D eigenvalue weighted by atomic mass is 10.1. The minimum atomic E-state index is 0.0937. The first-order chi connectivity index (χ1) is 8.31. The number of hydrogen-bond donors (Lipinski definition) is 2. The van der Waals surface area contributed by atoms with Crippen LogP contribution in [0.3, 0.4) is 0 Å². The van der Waals surface area contributed by atoms with Crippen LogP contribution in [0.5, 0.6) is 0 Å². The Labute approximate surface area is 101 Å². The molecular formula is C12H18N4O. The van der Waals surface area contributed by atoms with Crippen molar-refractivity contribution in [3.63, 3.8) is 0 Å². The number of nitrogens with zero attached hydrogens (tertiary/aromatic N) is 2. The summed E-state index contributed by atoms with van der Waals surface area (Å²) in [5, 5.41) is 10.5. The molecule has 2 N–H and O–H groups in total. The van der Waals surface area contributed by atoms with Gasteiger partial charge in [-0.1, -0.05) is 0 Å². The number of rotatable bonds is 3. The van der Waals surface area contributed by atoms with E-state index in [1.54, 1.807) is 0 Å². The standard InChI is InChI=1S/C12H18N4O/c1-2-16(8-3-4-8)12(17)11-9-7-13-6-5-10(9)14-15-11/h8,13H,2-7H2,1H3,(H,14,15). The highest BCUT2D eigenvalue weighted by Gasteiger charge is 2.34. The summed E-state index contributed by atoms with van der Waals surface area (Å²) in [4.78, 5) is 14.4. The predicted octanol–water partition coefficient (Wildman–Crippen LogP) is 0.680. The molecule has 0 atom stereocenters. The van der Waals surface area contributed by atoms with Crippen molar-refractivity contribution in [2.45, 2.75) is 38.8 Å². The van der Waals surface area contributed by atoms with Crippen LogP contribution in [0.4, 0.5) is 0 Å². The second-order valence-corrected chi connectivity index (χ2v) is 4.78. The largest absolute Gasteiger partial charge is 0.335 e. The molecule has 2 aliphatic rings. The highest BCUT2D eigenvalue weighted by Crippen LogP contribution is 2.28. The zero-order chi connectivity index (χ0) is 11.8. The molecule has 2 heterocycles. The Balaban J connectivity index is 1.87. The topological polar surface area (TPSA) is 61.0 Å². The van der Waals surface area contributed by atoms with Crippen LogP contribution >= 0.6 is 0 Å². The molecule has 5 heteroatoms. The van der Waals surface area contributed by atoms with E-state index in [1.807, 2.05) is 11.8 Å². The molecule has 0 bridgehead atoms. The van der Waals surface area contributed by atoms with Gasteiger partial charge in [-0.3, -0.25) is 9.89 Å². The molecular weight excluding hydrogens is 216 g/mol. The molecule has 1 aliphatic carbocycles. The summed E-state index contributed by atoms with van der Waals surface area (Å²) in [6.07, 6.45) is 3.22. The summed E-state index contributed by atoms with van der Waals surface area (Å²) >= 11 is 0. The van der Waals surface area contributed by atoms with Crippen LogP contribution < -0.4 is 5.32 Å². The summed E-state index contributed by atoms with van der Waals surface area (Å²) in [5.41, 5.74) is 2.82. The normalized spacial score (nSPS) is 18.9. The van der Waals surface area contributed by atoms with Crippen LogP contribution in [-0.2, 0) is 13.0 Å². The first-order valence-corrected chi connectivity index (χ1v) is 6.39. The van der Waals surface area contributed by atoms with Gasteiger partial charge in [-0.25, -0.2) is 0 Å². The highest BCUT2D eigenvalue weighted by atomic mass is 16.2. The minimum Gasteiger partial charge on any atom is -0.335 e. The first-order valence-electron chi connectivity index (χ1n) is 6.39. The van der Waals surface area contributed by atoms with E-state index >= 15 is 0 Å². The van der Waals surface area contributed by atoms with E-state index in [-0.39, 0.29) is 5.91 Å². The maximum absolute atomic E-state index is 12.4. The van der Waals surface area contributed by atoms with Crippen LogP contribution in [0.15, 0.2) is 0 Å². The molecule has 1 aliphatic heterocycles. The second-order valence-electron chi connectivity index (χ2n) is 4.78. The molecule has 1 saturated carbocycles. The van der Waals surface area contributed by atoms with Crippen molar-refractivity contribution in [2.75, 3.05) is 13.1 Å². The number of nitrogens with one attached hydrogen (secondary N) is 2. The molecule has 3 rings (SSSR count). The predicted molar refractivity (Wildman–Crippen MR) is 63.7 cm³/mol. The molecule has 0 aromatic carbocycles. The monoisotopic (exact) mass is 234 g/mol. The van der Waals surface area contributed by atoms with Crippen molar-refractivity contribution in [2.24, 2.45) is 0 Å². The van der Waals surface area contributed by atoms with E-state index in [9.17, 15) is 4.79 Å². The number of aromatic nitrogens is 2. The third-order valence-electron chi connectivity index (χ3n) is 3.60. The summed E-state index contributed by atoms with van der Waals surface area (Å²) in [6, 6.07) is 0.455. The van der Waals surface area contributed by atoms with Crippen LogP contribution in [0.25, 0.3) is 0 Å². The average Bonchev–Trinajstić information content (AvgIpc) is 3.09. The van der Waals surface area contributed by atoms with Gasteiger partial charge in [-0.2, -0.15) is 5.10 Å². The van der Waals surface area contributed by atoms with Crippen LogP contribution in [0, 0.1) is 0 Å². The Hall–Kier alpha value is -1.36. The number of hydrogen-bond acceptors (Lipinski definition) is 3. The summed E-state index contributed by atoms with van der Waals surface area (Å²) in [5.74, 6) is 0.0937. The van der Waals surface area contributed by atoms with Crippen molar-refractivity contribution in [3.8, 4) is 0 Å². The first kappa shape index (κ1) is 10.8. The maximum Gasteiger partial charge on any atom is 0.274 e. The van der Waals surface area contributed by atoms with Crippen molar-refractivity contribution < 1.29 is 4.79 Å². The Kier molecular flexibility index (Phi) is 2.63. The number of carbonyl (C=O) groups excluding carboxylic acids is 1. The molecule has 1 amide bonds. The second kappa shape index (κ2) is 4.14. The zero-order valence-electron chi connectivity index (χ0n) is 10.1. The summed E-state index contributed by atoms with van der Waals surface area (Å²) < 4.78 is 0. The lowest BCUT2D eigenvalue weighted by Gasteiger charge is -2.20. The molecule has 17 heavy (non-hydrogen) atoms. The van der Waals surface area contributed by atoms with Crippen molar-refractivity contribution in [1.29, 1.82) is 0 Å². The molecule has 0 unspecified atom stereocenters. The third kappa shape index (κ3) is 1.84. The minimum absolute atomic E-state index is 0.0937. The fourth-order valence-electron chi connectivity index (χ4n) is 2.49. The van der Waals surface area contributed by atoms with E-state index in [0.29, 0.717) is 11.7 Å². The number of carbonyl (C=O) groups is 1. The number of H-pyrrole nitrogens is 1. The van der Waals surface area contributed by atoms with Gasteiger partial charge >= 0.3 is 0 Å². The molecule has 5 nitrogen and oxygen atoms in total. The van der Waals surface area contributed by atoms with Crippen molar-refractivity contribution in [1.82, 2.24) is 20.4 Å². The van der Waals surface area contributed by atoms with E-state index in [0.717, 1.165) is 50.2 Å². The van der Waals surface area contributed by atoms with Gasteiger partial charge in [0.1, 0.15) is 0 Å². The van der Waals surface area contributed by atoms with E-state index in [4.69, 9.17) is 0 Å². The third-order valence-corrected chi connectivity index (χ3v) is 3.60. The molecule has 0 radical (unpaired) electrons. The quantitative estimate of drug-likeness (QED) is 0.808. The molecule has 1 aromatic rings. The lowest BCUT2D eigenvalue weighted by molar-refractivity contribution is 0.0745. The molecule has 0 spiro atoms. The van der Waals surface area contributed by atoms with Gasteiger partial charge in [0.25, 0.3) is 5.91 Å². The Morgan fingerprint density at radius 2 is 2.35 bits per heavy atom. The zero-order valence-corrected chi connectivity index (χ0v) is 10.1. The van der Waals surface area contributed by atoms with Gasteiger partial charge in [0.05, 0.1) is 0 Å². The van der Waals surface area contributed by atoms with Gasteiger partial charge in [-0.15, -0.1) is 0 Å². The SMILES string of the molecule is CCN(C(=O)c1n[nH]c2c1CNCC2)C1CC1. The Bertz CT molecular complexity index is 436. The molecule has 0 saturated heterocycles. The van der Waals surface area contributed by atoms with E-state index < -0.39 is 0 Å². The summed E-state index contributed by atoms with van der Waals surface area (Å²) in [7, 11) is 0. The number of aromatic amines is 1. The van der Waals surface area contributed by atoms with Gasteiger partial charge in [-0.05, 0) is 19.8 Å². The Morgan fingerprint density at radius 1 is 1.53 bits per heavy atom. The number of amides is 1. The van der Waals surface area contributed by atoms with Gasteiger partial charge < -0.3 is 10.2 Å². The lowest BCUT2D eigenvalue weighted by Crippen LogP contribution is -2.34. The smallest absolute Gasteiger partial charge is 0.274 e. The average molecular weight is 234 g/mol. The van der Waals surface area contributed by atoms with E-state index in [1.165, 1.54) is 0 Å². The fourth-order valence-corrected chi connectivity index (χ4v) is 2.49. The van der Waals surface area contributed by atoms with Gasteiger partial charge in [0.15, 0.2) is 5.69 Å². The van der Waals surface area contributed by atoms with E-state index in [2.05, 4.69) is 15.5 Å². The van der Waals surface area contributed by atoms with Gasteiger partial charge in [0.2, 0.25) is 0 Å². The molecule has 1 aromatic heterocycles. The van der Waals surface area contributed by atoms with Crippen molar-refractivity contribution in [3.05, 3.63) is 17.0 Å². The van der Waals surface area contributed by atoms with Crippen molar-refractivity contribution >= 4 is 5.91 Å². The Morgan fingerprint density at radius 3 is 3.06 bits per heavy atom. The highest BCUT2D eigenvalue weighted by molar-refractivity contribution is 5.94. The maximum atomic E-state index is 12.4.